The number of rotatable bonds is 6. The topological polar surface area (TPSA) is 42.4 Å². The van der Waals surface area contributed by atoms with Crippen molar-refractivity contribution >= 4 is 10.9 Å². The first-order valence-corrected chi connectivity index (χ1v) is 11.3. The summed E-state index contributed by atoms with van der Waals surface area (Å²) in [5.74, 6) is 1.92. The van der Waals surface area contributed by atoms with E-state index in [1.165, 1.54) is 12.0 Å². The van der Waals surface area contributed by atoms with Gasteiger partial charge in [-0.2, -0.15) is 0 Å². The Balaban J connectivity index is 1.56. The number of piperidine rings is 3. The smallest absolute Gasteiger partial charge is 0.131 e. The molecule has 5 atom stereocenters. The van der Waals surface area contributed by atoms with E-state index in [0.29, 0.717) is 11.8 Å². The molecular formula is C27H31N2O2+. The van der Waals surface area contributed by atoms with Gasteiger partial charge in [-0.15, -0.1) is 6.58 Å². The standard InChI is InChI=1S/C27H31N2O2/c1-3-20-18-29(17-19-7-5-4-6-8-19)14-12-21(20)15-26(29)27(30)23-11-13-28-25-10-9-22(31-2)16-24(23)25/h3-11,13,16,20-21,26-27,30H,1,12,14-15,17-18H2,2H3/q+1/t20?,21-,26?,27?,29?/m0/s1. The minimum atomic E-state index is -0.546. The summed E-state index contributed by atoms with van der Waals surface area (Å²) in [7, 11) is 1.68. The first kappa shape index (κ1) is 20.2. The summed E-state index contributed by atoms with van der Waals surface area (Å²) in [6, 6.07) is 18.8. The molecule has 0 spiro atoms. The predicted octanol–water partition coefficient (Wildman–Crippen LogP) is 4.89. The largest absolute Gasteiger partial charge is 0.497 e. The summed E-state index contributed by atoms with van der Waals surface area (Å²) in [6.07, 6.45) is 5.65. The van der Waals surface area contributed by atoms with Gasteiger partial charge in [0.1, 0.15) is 24.4 Å². The van der Waals surface area contributed by atoms with Gasteiger partial charge in [0.25, 0.3) is 0 Å². The normalized spacial score (nSPS) is 28.4. The van der Waals surface area contributed by atoms with Crippen molar-refractivity contribution in [3.8, 4) is 5.75 Å². The van der Waals surface area contributed by atoms with Gasteiger partial charge in [0.05, 0.1) is 25.7 Å². The Labute approximate surface area is 184 Å². The van der Waals surface area contributed by atoms with Gasteiger partial charge in [-0.25, -0.2) is 0 Å². The number of ether oxygens (including phenoxy) is 1. The molecule has 4 nitrogen and oxygen atoms in total. The van der Waals surface area contributed by atoms with Crippen molar-refractivity contribution in [2.45, 2.75) is 31.5 Å². The van der Waals surface area contributed by atoms with Gasteiger partial charge in [0.2, 0.25) is 0 Å². The maximum atomic E-state index is 11.8. The van der Waals surface area contributed by atoms with Crippen LogP contribution in [0, 0.1) is 11.8 Å². The van der Waals surface area contributed by atoms with E-state index in [2.05, 4.69) is 48.0 Å². The number of aliphatic hydroxyl groups excluding tert-OH is 1. The Kier molecular flexibility index (Phi) is 5.28. The Morgan fingerprint density at radius 2 is 2.06 bits per heavy atom. The van der Waals surface area contributed by atoms with Gasteiger partial charge in [0, 0.05) is 35.9 Å². The number of hydrogen-bond donors (Lipinski definition) is 1. The summed E-state index contributed by atoms with van der Waals surface area (Å²) in [4.78, 5) is 4.52. The third-order valence-electron chi connectivity index (χ3n) is 7.68. The quantitative estimate of drug-likeness (QED) is 0.460. The van der Waals surface area contributed by atoms with Crippen LogP contribution in [0.4, 0.5) is 0 Å². The number of methoxy groups -OCH3 is 1. The van der Waals surface area contributed by atoms with Gasteiger partial charge in [-0.05, 0) is 35.7 Å². The number of benzene rings is 2. The number of aliphatic hydroxyl groups is 1. The predicted molar refractivity (Wildman–Crippen MR) is 124 cm³/mol. The van der Waals surface area contributed by atoms with Gasteiger partial charge in [-0.1, -0.05) is 36.4 Å². The number of pyridine rings is 1. The zero-order valence-electron chi connectivity index (χ0n) is 18.2. The van der Waals surface area contributed by atoms with E-state index in [4.69, 9.17) is 4.74 Å². The number of fused-ring (bicyclic) bond motifs is 4. The van der Waals surface area contributed by atoms with Crippen LogP contribution in [0.25, 0.3) is 10.9 Å². The minimum absolute atomic E-state index is 0.159. The summed E-state index contributed by atoms with van der Waals surface area (Å²) < 4.78 is 6.38. The zero-order chi connectivity index (χ0) is 21.4. The van der Waals surface area contributed by atoms with Crippen molar-refractivity contribution in [1.29, 1.82) is 0 Å². The number of aromatic nitrogens is 1. The Morgan fingerprint density at radius 3 is 2.84 bits per heavy atom. The molecule has 3 saturated heterocycles. The average Bonchev–Trinajstić information content (AvgIpc) is 2.83. The highest BCUT2D eigenvalue weighted by molar-refractivity contribution is 5.83. The van der Waals surface area contributed by atoms with Crippen molar-refractivity contribution in [2.24, 2.45) is 11.8 Å². The van der Waals surface area contributed by atoms with Gasteiger partial charge >= 0.3 is 0 Å². The Hall–Kier alpha value is -2.69. The molecule has 1 aromatic heterocycles. The molecule has 160 valence electrons. The molecule has 6 rings (SSSR count). The van der Waals surface area contributed by atoms with E-state index in [0.717, 1.165) is 52.8 Å². The Morgan fingerprint density at radius 1 is 1.23 bits per heavy atom. The second-order valence-corrected chi connectivity index (χ2v) is 9.25. The second-order valence-electron chi connectivity index (χ2n) is 9.25. The van der Waals surface area contributed by atoms with Crippen LogP contribution in [0.2, 0.25) is 0 Å². The van der Waals surface area contributed by atoms with Crippen LogP contribution in [0.1, 0.15) is 30.1 Å². The van der Waals surface area contributed by atoms with Gasteiger partial charge in [0.15, 0.2) is 0 Å². The van der Waals surface area contributed by atoms with E-state index in [9.17, 15) is 5.11 Å². The maximum absolute atomic E-state index is 11.8. The lowest BCUT2D eigenvalue weighted by atomic mass is 9.71. The molecule has 1 N–H and O–H groups in total. The first-order valence-electron chi connectivity index (χ1n) is 11.3. The van der Waals surface area contributed by atoms with Crippen LogP contribution in [0.15, 0.2) is 73.4 Å². The fourth-order valence-corrected chi connectivity index (χ4v) is 6.07. The lowest BCUT2D eigenvalue weighted by Crippen LogP contribution is -2.67. The van der Waals surface area contributed by atoms with E-state index >= 15 is 0 Å². The highest BCUT2D eigenvalue weighted by Crippen LogP contribution is 2.48. The number of nitrogens with zero attached hydrogens (tertiary/aromatic N) is 2. The van der Waals surface area contributed by atoms with Crippen molar-refractivity contribution < 1.29 is 14.3 Å². The van der Waals surface area contributed by atoms with Crippen LogP contribution in [0.5, 0.6) is 5.75 Å². The number of hydrogen-bond acceptors (Lipinski definition) is 3. The molecule has 3 fully saturated rings. The SMILES string of the molecule is C=CC1C[N+]2(Cc3ccccc3)CC[C@H]1CC2C(O)c1ccnc2ccc(OC)cc12. The maximum Gasteiger partial charge on any atom is 0.131 e. The molecule has 0 radical (unpaired) electrons. The molecule has 0 aliphatic carbocycles. The van der Waals surface area contributed by atoms with Gasteiger partial charge in [-0.3, -0.25) is 4.98 Å². The summed E-state index contributed by atoms with van der Waals surface area (Å²) >= 11 is 0. The summed E-state index contributed by atoms with van der Waals surface area (Å²) in [5.41, 5.74) is 3.19. The van der Waals surface area contributed by atoms with Crippen LogP contribution in [-0.4, -0.2) is 40.8 Å². The minimum Gasteiger partial charge on any atom is -0.497 e. The Bertz CT molecular complexity index is 1080. The third kappa shape index (κ3) is 3.54. The monoisotopic (exact) mass is 415 g/mol. The fourth-order valence-electron chi connectivity index (χ4n) is 6.07. The highest BCUT2D eigenvalue weighted by atomic mass is 16.5. The lowest BCUT2D eigenvalue weighted by Gasteiger charge is -2.58. The molecule has 0 saturated carbocycles. The molecule has 4 heterocycles. The van der Waals surface area contributed by atoms with E-state index < -0.39 is 6.10 Å². The molecule has 4 unspecified atom stereocenters. The fraction of sp³-hybridized carbons (Fsp3) is 0.370. The van der Waals surface area contributed by atoms with E-state index in [1.54, 1.807) is 7.11 Å². The second kappa shape index (κ2) is 8.10. The summed E-state index contributed by atoms with van der Waals surface area (Å²) in [6.45, 7) is 7.25. The van der Waals surface area contributed by atoms with Gasteiger partial charge < -0.3 is 14.3 Å². The molecule has 2 bridgehead atoms. The molecule has 3 aromatic rings. The third-order valence-corrected chi connectivity index (χ3v) is 7.68. The van der Waals surface area contributed by atoms with Crippen LogP contribution in [-0.2, 0) is 6.54 Å². The first-order chi connectivity index (χ1) is 15.1. The van der Waals surface area contributed by atoms with Crippen molar-refractivity contribution in [2.75, 3.05) is 20.2 Å². The molecular weight excluding hydrogens is 384 g/mol. The molecule has 0 amide bonds. The molecule has 3 aliphatic heterocycles. The van der Waals surface area contributed by atoms with Crippen molar-refractivity contribution in [3.63, 3.8) is 0 Å². The molecule has 31 heavy (non-hydrogen) atoms. The van der Waals surface area contributed by atoms with Crippen LogP contribution in [0.3, 0.4) is 0 Å². The van der Waals surface area contributed by atoms with Crippen molar-refractivity contribution in [1.82, 2.24) is 4.98 Å². The molecule has 2 aromatic carbocycles. The number of quaternary nitrogens is 1. The van der Waals surface area contributed by atoms with E-state index in [-0.39, 0.29) is 6.04 Å². The van der Waals surface area contributed by atoms with Crippen molar-refractivity contribution in [3.05, 3.63) is 84.6 Å². The van der Waals surface area contributed by atoms with Crippen LogP contribution < -0.4 is 4.74 Å². The molecule has 4 heteroatoms. The highest BCUT2D eigenvalue weighted by Gasteiger charge is 2.53. The zero-order valence-corrected chi connectivity index (χ0v) is 18.2. The van der Waals surface area contributed by atoms with E-state index in [1.807, 2.05) is 30.5 Å². The molecule has 3 aliphatic rings. The summed E-state index contributed by atoms with van der Waals surface area (Å²) in [5, 5.41) is 12.8. The lowest BCUT2D eigenvalue weighted by molar-refractivity contribution is -0.984. The average molecular weight is 416 g/mol. The van der Waals surface area contributed by atoms with Crippen LogP contribution >= 0.6 is 0 Å².